The average molecular weight is 166 g/mol. The molecule has 0 aliphatic heterocycles. The summed E-state index contributed by atoms with van der Waals surface area (Å²) in [4.78, 5) is 11.1. The number of hydrogen-bond donors (Lipinski definition) is 0. The van der Waals surface area contributed by atoms with Crippen molar-refractivity contribution in [3.63, 3.8) is 0 Å². The highest BCUT2D eigenvalue weighted by Gasteiger charge is 2.33. The fourth-order valence-corrected chi connectivity index (χ4v) is 2.02. The molecule has 1 aliphatic rings. The molecule has 1 fully saturated rings. The average Bonchev–Trinajstić information content (AvgIpc) is 2.36. The maximum absolute atomic E-state index is 11.1. The van der Waals surface area contributed by atoms with E-state index >= 15 is 0 Å². The lowest BCUT2D eigenvalue weighted by Crippen LogP contribution is -2.21. The number of allylic oxidation sites excluding steroid dienone is 1. The van der Waals surface area contributed by atoms with E-state index in [2.05, 4.69) is 20.4 Å². The lowest BCUT2D eigenvalue weighted by Gasteiger charge is -2.29. The van der Waals surface area contributed by atoms with Gasteiger partial charge in [0.1, 0.15) is 5.78 Å². The molecular weight excluding hydrogens is 148 g/mol. The van der Waals surface area contributed by atoms with Gasteiger partial charge in [0.05, 0.1) is 0 Å². The Labute approximate surface area is 74.9 Å². The molecule has 0 radical (unpaired) electrons. The summed E-state index contributed by atoms with van der Waals surface area (Å²) >= 11 is 0. The molecule has 0 aromatic carbocycles. The van der Waals surface area contributed by atoms with Crippen LogP contribution < -0.4 is 0 Å². The zero-order valence-electron chi connectivity index (χ0n) is 8.10. The maximum Gasteiger partial charge on any atom is 0.133 e. The Morgan fingerprint density at radius 3 is 2.75 bits per heavy atom. The van der Waals surface area contributed by atoms with E-state index in [0.717, 1.165) is 25.7 Å². The molecule has 0 spiro atoms. The number of rotatable bonds is 3. The molecule has 1 nitrogen and oxygen atoms in total. The van der Waals surface area contributed by atoms with Crippen LogP contribution in [0.25, 0.3) is 0 Å². The van der Waals surface area contributed by atoms with Gasteiger partial charge in [-0.25, -0.2) is 0 Å². The molecule has 0 aromatic heterocycles. The zero-order chi connectivity index (χ0) is 9.19. The number of Topliss-reactive ketones (excluding diaryl/α,β-unsaturated/α-hetero) is 1. The van der Waals surface area contributed by atoms with Crippen molar-refractivity contribution in [3.05, 3.63) is 12.7 Å². The van der Waals surface area contributed by atoms with E-state index in [0.29, 0.717) is 11.7 Å². The molecule has 0 N–H and O–H groups in total. The molecule has 1 saturated carbocycles. The number of carbonyl (C=O) groups excluding carboxylic acids is 1. The molecule has 0 saturated heterocycles. The van der Waals surface area contributed by atoms with Gasteiger partial charge < -0.3 is 0 Å². The molecule has 1 rings (SSSR count). The smallest absolute Gasteiger partial charge is 0.133 e. The lowest BCUT2D eigenvalue weighted by atomic mass is 9.75. The zero-order valence-corrected chi connectivity index (χ0v) is 8.10. The Bertz CT molecular complexity index is 191. The first-order valence-electron chi connectivity index (χ1n) is 4.69. The molecule has 12 heavy (non-hydrogen) atoms. The van der Waals surface area contributed by atoms with Gasteiger partial charge in [-0.05, 0) is 24.2 Å². The van der Waals surface area contributed by atoms with E-state index in [4.69, 9.17) is 0 Å². The van der Waals surface area contributed by atoms with Crippen LogP contribution in [0.5, 0.6) is 0 Å². The summed E-state index contributed by atoms with van der Waals surface area (Å²) < 4.78 is 0. The molecular formula is C11H18O. The van der Waals surface area contributed by atoms with Gasteiger partial charge in [-0.3, -0.25) is 4.79 Å². The Morgan fingerprint density at radius 2 is 2.33 bits per heavy atom. The van der Waals surface area contributed by atoms with Gasteiger partial charge in [0, 0.05) is 12.8 Å². The standard InChI is InChI=1S/C11H18O/c1-4-7-11(2,3)9-5-6-10(12)8-9/h4,9H,1,5-8H2,2-3H3. The molecule has 0 aromatic rings. The third-order valence-electron chi connectivity index (χ3n) is 3.02. The van der Waals surface area contributed by atoms with Crippen LogP contribution in [0.15, 0.2) is 12.7 Å². The highest BCUT2D eigenvalue weighted by Crippen LogP contribution is 2.40. The molecule has 1 atom stereocenters. The van der Waals surface area contributed by atoms with Gasteiger partial charge in [0.2, 0.25) is 0 Å². The molecule has 1 heteroatoms. The SMILES string of the molecule is C=CCC(C)(C)C1CCC(=O)C1. The van der Waals surface area contributed by atoms with Crippen molar-refractivity contribution >= 4 is 5.78 Å². The van der Waals surface area contributed by atoms with Crippen LogP contribution in [-0.2, 0) is 4.79 Å². The second-order valence-corrected chi connectivity index (χ2v) is 4.46. The van der Waals surface area contributed by atoms with E-state index in [1.54, 1.807) is 0 Å². The van der Waals surface area contributed by atoms with Crippen LogP contribution in [0.1, 0.15) is 39.5 Å². The number of carbonyl (C=O) groups is 1. The summed E-state index contributed by atoms with van der Waals surface area (Å²) in [5, 5.41) is 0. The van der Waals surface area contributed by atoms with Crippen molar-refractivity contribution in [3.8, 4) is 0 Å². The van der Waals surface area contributed by atoms with Crippen LogP contribution in [-0.4, -0.2) is 5.78 Å². The van der Waals surface area contributed by atoms with Crippen LogP contribution in [0.4, 0.5) is 0 Å². The number of ketones is 1. The quantitative estimate of drug-likeness (QED) is 0.589. The summed E-state index contributed by atoms with van der Waals surface area (Å²) in [6, 6.07) is 0. The molecule has 68 valence electrons. The van der Waals surface area contributed by atoms with Crippen LogP contribution in [0.2, 0.25) is 0 Å². The van der Waals surface area contributed by atoms with Crippen molar-refractivity contribution in [1.29, 1.82) is 0 Å². The maximum atomic E-state index is 11.1. The second kappa shape index (κ2) is 3.42. The summed E-state index contributed by atoms with van der Waals surface area (Å²) in [5.41, 5.74) is 0.272. The minimum absolute atomic E-state index is 0.272. The predicted octanol–water partition coefficient (Wildman–Crippen LogP) is 2.96. The first-order chi connectivity index (χ1) is 5.56. The lowest BCUT2D eigenvalue weighted by molar-refractivity contribution is -0.117. The van der Waals surface area contributed by atoms with Crippen molar-refractivity contribution in [1.82, 2.24) is 0 Å². The molecule has 1 aliphatic carbocycles. The summed E-state index contributed by atoms with van der Waals surface area (Å²) in [7, 11) is 0. The van der Waals surface area contributed by atoms with Gasteiger partial charge in [-0.15, -0.1) is 6.58 Å². The predicted molar refractivity (Wildman–Crippen MR) is 50.9 cm³/mol. The van der Waals surface area contributed by atoms with Gasteiger partial charge >= 0.3 is 0 Å². The number of hydrogen-bond acceptors (Lipinski definition) is 1. The van der Waals surface area contributed by atoms with Crippen molar-refractivity contribution in [2.75, 3.05) is 0 Å². The minimum Gasteiger partial charge on any atom is -0.300 e. The Hall–Kier alpha value is -0.590. The van der Waals surface area contributed by atoms with Crippen LogP contribution in [0, 0.1) is 11.3 Å². The van der Waals surface area contributed by atoms with Crippen molar-refractivity contribution < 1.29 is 4.79 Å². The van der Waals surface area contributed by atoms with E-state index in [1.807, 2.05) is 6.08 Å². The largest absolute Gasteiger partial charge is 0.300 e. The van der Waals surface area contributed by atoms with Crippen LogP contribution in [0.3, 0.4) is 0 Å². The van der Waals surface area contributed by atoms with E-state index < -0.39 is 0 Å². The monoisotopic (exact) mass is 166 g/mol. The van der Waals surface area contributed by atoms with Gasteiger partial charge in [0.15, 0.2) is 0 Å². The Balaban J connectivity index is 2.56. The van der Waals surface area contributed by atoms with Gasteiger partial charge in [-0.2, -0.15) is 0 Å². The fourth-order valence-electron chi connectivity index (χ4n) is 2.02. The van der Waals surface area contributed by atoms with Crippen molar-refractivity contribution in [2.24, 2.45) is 11.3 Å². The summed E-state index contributed by atoms with van der Waals surface area (Å²) in [5.74, 6) is 1.03. The molecule has 0 amide bonds. The van der Waals surface area contributed by atoms with Crippen molar-refractivity contribution in [2.45, 2.75) is 39.5 Å². The summed E-state index contributed by atoms with van der Waals surface area (Å²) in [6.45, 7) is 8.22. The highest BCUT2D eigenvalue weighted by atomic mass is 16.1. The van der Waals surface area contributed by atoms with E-state index in [9.17, 15) is 4.79 Å². The summed E-state index contributed by atoms with van der Waals surface area (Å²) in [6.07, 6.45) is 5.65. The topological polar surface area (TPSA) is 17.1 Å². The van der Waals surface area contributed by atoms with Gasteiger partial charge in [-0.1, -0.05) is 19.9 Å². The Kier molecular flexibility index (Phi) is 2.71. The van der Waals surface area contributed by atoms with E-state index in [1.165, 1.54) is 0 Å². The third-order valence-corrected chi connectivity index (χ3v) is 3.02. The molecule has 1 unspecified atom stereocenters. The Morgan fingerprint density at radius 1 is 1.67 bits per heavy atom. The normalized spacial score (nSPS) is 24.5. The van der Waals surface area contributed by atoms with E-state index in [-0.39, 0.29) is 5.41 Å². The highest BCUT2D eigenvalue weighted by molar-refractivity contribution is 5.80. The molecule has 0 heterocycles. The van der Waals surface area contributed by atoms with Gasteiger partial charge in [0.25, 0.3) is 0 Å². The second-order valence-electron chi connectivity index (χ2n) is 4.46. The first kappa shape index (κ1) is 9.50. The van der Waals surface area contributed by atoms with Crippen LogP contribution >= 0.6 is 0 Å². The fraction of sp³-hybridized carbons (Fsp3) is 0.727. The minimum atomic E-state index is 0.272. The third kappa shape index (κ3) is 1.96. The molecule has 0 bridgehead atoms. The first-order valence-corrected chi connectivity index (χ1v) is 4.69.